The average Bonchev–Trinajstić information content (AvgIpc) is 3.03. The zero-order valence-corrected chi connectivity index (χ0v) is 14.8. The Morgan fingerprint density at radius 2 is 1.83 bits per heavy atom. The van der Waals surface area contributed by atoms with Crippen LogP contribution in [-0.2, 0) is 16.1 Å². The van der Waals surface area contributed by atoms with Crippen LogP contribution in [0.15, 0.2) is 54.6 Å². The lowest BCUT2D eigenvalue weighted by molar-refractivity contribution is -0.143. The van der Waals surface area contributed by atoms with Crippen LogP contribution in [0.3, 0.4) is 0 Å². The van der Waals surface area contributed by atoms with Gasteiger partial charge in [-0.05, 0) is 50.1 Å². The van der Waals surface area contributed by atoms with Crippen LogP contribution < -0.4 is 4.74 Å². The van der Waals surface area contributed by atoms with Crippen molar-refractivity contribution >= 4 is 11.6 Å². The summed E-state index contributed by atoms with van der Waals surface area (Å²) in [5, 5.41) is 0. The first-order chi connectivity index (χ1) is 11.5. The number of alkyl halides is 1. The molecule has 1 heterocycles. The van der Waals surface area contributed by atoms with Gasteiger partial charge in [-0.2, -0.15) is 0 Å². The summed E-state index contributed by atoms with van der Waals surface area (Å²) < 4.78 is 17.5. The number of ether oxygens (including phenoxy) is 3. The quantitative estimate of drug-likeness (QED) is 0.657. The molecule has 0 radical (unpaired) electrons. The normalized spacial score (nSPS) is 21.0. The van der Waals surface area contributed by atoms with Crippen LogP contribution in [-0.4, -0.2) is 17.8 Å². The van der Waals surface area contributed by atoms with Crippen LogP contribution in [0, 0.1) is 5.92 Å². The Morgan fingerprint density at radius 1 is 1.08 bits per heavy atom. The lowest BCUT2D eigenvalue weighted by Gasteiger charge is -2.28. The molecule has 2 unspecified atom stereocenters. The molecule has 0 aliphatic carbocycles. The molecule has 1 fully saturated rings. The van der Waals surface area contributed by atoms with Crippen LogP contribution in [0.1, 0.15) is 25.8 Å². The summed E-state index contributed by atoms with van der Waals surface area (Å²) in [6, 6.07) is 17.7. The van der Waals surface area contributed by atoms with Crippen LogP contribution in [0.4, 0.5) is 0 Å². The number of rotatable bonds is 6. The van der Waals surface area contributed by atoms with E-state index in [2.05, 4.69) is 0 Å². The van der Waals surface area contributed by atoms with Crippen molar-refractivity contribution in [2.45, 2.75) is 38.0 Å². The van der Waals surface area contributed by atoms with Gasteiger partial charge in [-0.25, -0.2) is 0 Å². The van der Waals surface area contributed by atoms with Gasteiger partial charge in [0.2, 0.25) is 0 Å². The fraction of sp³-hybridized carbons (Fsp3) is 0.400. The molecule has 1 aliphatic heterocycles. The van der Waals surface area contributed by atoms with Crippen molar-refractivity contribution in [2.24, 2.45) is 5.92 Å². The Morgan fingerprint density at radius 3 is 2.58 bits per heavy atom. The maximum absolute atomic E-state index is 6.45. The number of benzene rings is 2. The molecule has 0 amide bonds. The van der Waals surface area contributed by atoms with Crippen molar-refractivity contribution in [3.63, 3.8) is 0 Å². The van der Waals surface area contributed by atoms with E-state index in [1.54, 1.807) is 0 Å². The predicted octanol–water partition coefficient (Wildman–Crippen LogP) is 5.38. The summed E-state index contributed by atoms with van der Waals surface area (Å²) >= 11 is 6.45. The standard InChI is InChI=1S/C20H23ClO3/c1-20(2,21)18-11-12-22-19(18)23-14-15-7-6-10-17(13-15)24-16-8-4-3-5-9-16/h3-10,13,18-19H,11-12,14H2,1-2H3. The molecule has 0 N–H and O–H groups in total. The van der Waals surface area contributed by atoms with Crippen LogP contribution in [0.5, 0.6) is 11.5 Å². The van der Waals surface area contributed by atoms with E-state index in [1.165, 1.54) is 0 Å². The van der Waals surface area contributed by atoms with Gasteiger partial charge in [-0.15, -0.1) is 11.6 Å². The first-order valence-corrected chi connectivity index (χ1v) is 8.64. The van der Waals surface area contributed by atoms with E-state index >= 15 is 0 Å². The average molecular weight is 347 g/mol. The number of hydrogen-bond acceptors (Lipinski definition) is 3. The van der Waals surface area contributed by atoms with Gasteiger partial charge in [0.15, 0.2) is 6.29 Å². The van der Waals surface area contributed by atoms with E-state index in [9.17, 15) is 0 Å². The van der Waals surface area contributed by atoms with E-state index in [1.807, 2.05) is 68.4 Å². The third-order valence-electron chi connectivity index (χ3n) is 4.21. The highest BCUT2D eigenvalue weighted by Gasteiger charge is 2.39. The first kappa shape index (κ1) is 17.3. The predicted molar refractivity (Wildman–Crippen MR) is 95.5 cm³/mol. The lowest BCUT2D eigenvalue weighted by Crippen LogP contribution is -2.33. The summed E-state index contributed by atoms with van der Waals surface area (Å²) in [6.07, 6.45) is 0.675. The minimum absolute atomic E-state index is 0.197. The molecule has 24 heavy (non-hydrogen) atoms. The molecule has 2 atom stereocenters. The molecule has 0 saturated carbocycles. The summed E-state index contributed by atoms with van der Waals surface area (Å²) in [5.41, 5.74) is 1.05. The molecule has 0 spiro atoms. The van der Waals surface area contributed by atoms with Gasteiger partial charge < -0.3 is 14.2 Å². The van der Waals surface area contributed by atoms with Crippen LogP contribution in [0.25, 0.3) is 0 Å². The fourth-order valence-electron chi connectivity index (χ4n) is 2.90. The largest absolute Gasteiger partial charge is 0.457 e. The molecular weight excluding hydrogens is 324 g/mol. The van der Waals surface area contributed by atoms with Crippen molar-refractivity contribution in [1.29, 1.82) is 0 Å². The molecule has 0 aromatic heterocycles. The molecule has 1 saturated heterocycles. The van der Waals surface area contributed by atoms with E-state index in [4.69, 9.17) is 25.8 Å². The highest BCUT2D eigenvalue weighted by molar-refractivity contribution is 6.23. The minimum Gasteiger partial charge on any atom is -0.457 e. The van der Waals surface area contributed by atoms with Crippen LogP contribution >= 0.6 is 11.6 Å². The molecule has 3 nitrogen and oxygen atoms in total. The van der Waals surface area contributed by atoms with Gasteiger partial charge in [0.05, 0.1) is 13.2 Å². The Kier molecular flexibility index (Phi) is 5.44. The van der Waals surface area contributed by atoms with E-state index < -0.39 is 0 Å². The van der Waals surface area contributed by atoms with Gasteiger partial charge in [0, 0.05) is 10.8 Å². The Bertz CT molecular complexity index is 651. The Balaban J connectivity index is 1.61. The second kappa shape index (κ2) is 7.56. The molecule has 0 bridgehead atoms. The summed E-state index contributed by atoms with van der Waals surface area (Å²) in [6.45, 7) is 5.19. The lowest BCUT2D eigenvalue weighted by atomic mass is 9.93. The molecule has 3 rings (SSSR count). The maximum atomic E-state index is 6.45. The fourth-order valence-corrected chi connectivity index (χ4v) is 3.11. The highest BCUT2D eigenvalue weighted by atomic mass is 35.5. The van der Waals surface area contributed by atoms with E-state index in [0.29, 0.717) is 13.2 Å². The van der Waals surface area contributed by atoms with Crippen molar-refractivity contribution in [2.75, 3.05) is 6.61 Å². The van der Waals surface area contributed by atoms with E-state index in [-0.39, 0.29) is 17.1 Å². The third kappa shape index (κ3) is 4.50. The van der Waals surface area contributed by atoms with Crippen molar-refractivity contribution < 1.29 is 14.2 Å². The van der Waals surface area contributed by atoms with E-state index in [0.717, 1.165) is 23.5 Å². The summed E-state index contributed by atoms with van der Waals surface area (Å²) in [5.74, 6) is 1.81. The number of halogens is 1. The molecule has 128 valence electrons. The molecule has 2 aromatic rings. The maximum Gasteiger partial charge on any atom is 0.162 e. The monoisotopic (exact) mass is 346 g/mol. The van der Waals surface area contributed by atoms with Gasteiger partial charge in [0.25, 0.3) is 0 Å². The number of para-hydroxylation sites is 1. The van der Waals surface area contributed by atoms with Gasteiger partial charge in [-0.3, -0.25) is 0 Å². The van der Waals surface area contributed by atoms with Gasteiger partial charge in [0.1, 0.15) is 11.5 Å². The highest BCUT2D eigenvalue weighted by Crippen LogP contribution is 2.36. The topological polar surface area (TPSA) is 27.7 Å². The SMILES string of the molecule is CC(C)(Cl)C1CCOC1OCc1cccc(Oc2ccccc2)c1. The van der Waals surface area contributed by atoms with Crippen molar-refractivity contribution in [3.05, 3.63) is 60.2 Å². The minimum atomic E-state index is -0.334. The zero-order valence-electron chi connectivity index (χ0n) is 14.1. The molecule has 1 aliphatic rings. The van der Waals surface area contributed by atoms with Gasteiger partial charge in [-0.1, -0.05) is 30.3 Å². The molecule has 4 heteroatoms. The number of hydrogen-bond donors (Lipinski definition) is 0. The first-order valence-electron chi connectivity index (χ1n) is 8.26. The summed E-state index contributed by atoms with van der Waals surface area (Å²) in [7, 11) is 0. The summed E-state index contributed by atoms with van der Waals surface area (Å²) in [4.78, 5) is -0.334. The van der Waals surface area contributed by atoms with Crippen molar-refractivity contribution in [1.82, 2.24) is 0 Å². The Labute approximate surface area is 148 Å². The Hall–Kier alpha value is -1.55. The third-order valence-corrected chi connectivity index (χ3v) is 4.49. The molecular formula is C20H23ClO3. The van der Waals surface area contributed by atoms with Gasteiger partial charge >= 0.3 is 0 Å². The van der Waals surface area contributed by atoms with Crippen LogP contribution in [0.2, 0.25) is 0 Å². The van der Waals surface area contributed by atoms with Crippen molar-refractivity contribution in [3.8, 4) is 11.5 Å². The second-order valence-corrected chi connectivity index (χ2v) is 7.55. The smallest absolute Gasteiger partial charge is 0.162 e. The zero-order chi connectivity index (χ0) is 17.0. The second-order valence-electron chi connectivity index (χ2n) is 6.57. The molecule has 2 aromatic carbocycles.